The number of carbonyl (C=O) groups is 2. The fourth-order valence-electron chi connectivity index (χ4n) is 4.47. The van der Waals surface area contributed by atoms with Crippen LogP contribution in [0.2, 0.25) is 0 Å². The van der Waals surface area contributed by atoms with Gasteiger partial charge in [-0.05, 0) is 74.5 Å². The number of hydrogen-bond acceptors (Lipinski definition) is 3. The average Bonchev–Trinajstić information content (AvgIpc) is 2.64. The number of amides is 1. The van der Waals surface area contributed by atoms with Crippen LogP contribution in [-0.2, 0) is 4.79 Å². The van der Waals surface area contributed by atoms with Crippen LogP contribution < -0.4 is 0 Å². The van der Waals surface area contributed by atoms with Crippen LogP contribution in [0.15, 0.2) is 24.3 Å². The minimum absolute atomic E-state index is 0. The van der Waals surface area contributed by atoms with Gasteiger partial charge in [-0.1, -0.05) is 12.1 Å². The molecule has 148 valence electrons. The van der Waals surface area contributed by atoms with Crippen molar-refractivity contribution in [3.05, 3.63) is 35.4 Å². The number of nitrogens with one attached hydrogen (secondary N) is 1. The fraction of sp³-hybridized carbons (Fsp3) is 0.571. The molecule has 2 fully saturated rings. The Labute approximate surface area is 167 Å². The predicted molar refractivity (Wildman–Crippen MR) is 108 cm³/mol. The Morgan fingerprint density at radius 3 is 2.07 bits per heavy atom. The Bertz CT molecular complexity index is 684. The minimum atomic E-state index is -0.685. The molecule has 5 nitrogen and oxygen atoms in total. The van der Waals surface area contributed by atoms with E-state index in [1.807, 2.05) is 29.2 Å². The van der Waals surface area contributed by atoms with Gasteiger partial charge in [0.05, 0.1) is 0 Å². The van der Waals surface area contributed by atoms with Gasteiger partial charge in [-0.15, -0.1) is 12.4 Å². The highest BCUT2D eigenvalue weighted by molar-refractivity contribution is 5.98. The summed E-state index contributed by atoms with van der Waals surface area (Å²) in [5, 5.41) is 16.6. The predicted octanol–water partition coefficient (Wildman–Crippen LogP) is 4.38. The molecule has 1 aromatic carbocycles. The highest BCUT2D eigenvalue weighted by atomic mass is 35.5. The number of piperidine rings is 1. The fourth-order valence-corrected chi connectivity index (χ4v) is 4.47. The number of halogens is 1. The largest absolute Gasteiger partial charge is 0.481 e. The van der Waals surface area contributed by atoms with Crippen molar-refractivity contribution in [3.8, 4) is 0 Å². The molecule has 6 heteroatoms. The first-order valence-electron chi connectivity index (χ1n) is 9.55. The normalized spacial score (nSPS) is 19.4. The van der Waals surface area contributed by atoms with E-state index in [2.05, 4.69) is 0 Å². The van der Waals surface area contributed by atoms with Crippen LogP contribution >= 0.6 is 12.4 Å². The molecule has 1 spiro atoms. The van der Waals surface area contributed by atoms with E-state index in [0.717, 1.165) is 57.2 Å². The third-order valence-electron chi connectivity index (χ3n) is 6.31. The SMILES string of the molecule is CC(=N)c1ccc(C(=O)N2CCC3(CCC(CC(=O)O)CC3)CC2)cc1.Cl. The van der Waals surface area contributed by atoms with Gasteiger partial charge in [0.1, 0.15) is 0 Å². The number of benzene rings is 1. The van der Waals surface area contributed by atoms with E-state index >= 15 is 0 Å². The van der Waals surface area contributed by atoms with Gasteiger partial charge in [-0.2, -0.15) is 0 Å². The molecule has 1 saturated carbocycles. The minimum Gasteiger partial charge on any atom is -0.481 e. The standard InChI is InChI=1S/C21H28N2O3.ClH/c1-15(22)17-2-4-18(5-3-17)20(26)23-12-10-21(11-13-23)8-6-16(7-9-21)14-19(24)25;/h2-5,16,22H,6-14H2,1H3,(H,24,25);1H. The summed E-state index contributed by atoms with van der Waals surface area (Å²) in [6, 6.07) is 7.31. The van der Waals surface area contributed by atoms with Crippen molar-refractivity contribution in [2.75, 3.05) is 13.1 Å². The quantitative estimate of drug-likeness (QED) is 0.746. The third-order valence-corrected chi connectivity index (χ3v) is 6.31. The summed E-state index contributed by atoms with van der Waals surface area (Å²) in [7, 11) is 0. The molecule has 2 N–H and O–H groups in total. The maximum Gasteiger partial charge on any atom is 0.303 e. The van der Waals surface area contributed by atoms with Crippen LogP contribution in [0.3, 0.4) is 0 Å². The van der Waals surface area contributed by atoms with Gasteiger partial charge in [-0.3, -0.25) is 9.59 Å². The average molecular weight is 393 g/mol. The molecule has 1 amide bonds. The van der Waals surface area contributed by atoms with Crippen LogP contribution in [0.4, 0.5) is 0 Å². The first-order chi connectivity index (χ1) is 12.4. The molecule has 1 aliphatic carbocycles. The summed E-state index contributed by atoms with van der Waals surface area (Å²) in [5.74, 6) is -0.280. The van der Waals surface area contributed by atoms with Gasteiger partial charge in [0, 0.05) is 30.8 Å². The van der Waals surface area contributed by atoms with Crippen LogP contribution in [0.5, 0.6) is 0 Å². The highest BCUT2D eigenvalue weighted by Crippen LogP contribution is 2.47. The second kappa shape index (κ2) is 8.87. The molecule has 0 bridgehead atoms. The van der Waals surface area contributed by atoms with Crippen LogP contribution in [0, 0.1) is 16.7 Å². The second-order valence-corrected chi connectivity index (χ2v) is 8.04. The van der Waals surface area contributed by atoms with E-state index in [1.54, 1.807) is 6.92 Å². The number of hydrogen-bond donors (Lipinski definition) is 2. The van der Waals surface area contributed by atoms with Crippen molar-refractivity contribution in [3.63, 3.8) is 0 Å². The monoisotopic (exact) mass is 392 g/mol. The lowest BCUT2D eigenvalue weighted by atomic mass is 9.65. The number of carboxylic acid groups (broad SMARTS) is 1. The van der Waals surface area contributed by atoms with Gasteiger partial charge in [-0.25, -0.2) is 0 Å². The molecule has 1 saturated heterocycles. The summed E-state index contributed by atoms with van der Waals surface area (Å²) < 4.78 is 0. The summed E-state index contributed by atoms with van der Waals surface area (Å²) in [4.78, 5) is 25.6. The molecule has 3 rings (SSSR count). The number of aliphatic carboxylic acids is 1. The first-order valence-corrected chi connectivity index (χ1v) is 9.55. The van der Waals surface area contributed by atoms with Crippen LogP contribution in [-0.4, -0.2) is 40.7 Å². The van der Waals surface area contributed by atoms with Crippen molar-refractivity contribution >= 4 is 30.0 Å². The van der Waals surface area contributed by atoms with Crippen molar-refractivity contribution in [2.24, 2.45) is 11.3 Å². The zero-order chi connectivity index (χ0) is 18.7. The lowest BCUT2D eigenvalue weighted by Crippen LogP contribution is -2.44. The van der Waals surface area contributed by atoms with Crippen molar-refractivity contribution < 1.29 is 14.7 Å². The summed E-state index contributed by atoms with van der Waals surface area (Å²) in [5.41, 5.74) is 2.35. The number of carbonyl (C=O) groups excluding carboxylic acids is 1. The number of rotatable bonds is 4. The summed E-state index contributed by atoms with van der Waals surface area (Å²) in [6.45, 7) is 3.31. The molecule has 1 heterocycles. The summed E-state index contributed by atoms with van der Waals surface area (Å²) in [6.07, 6.45) is 6.55. The molecule has 1 aliphatic heterocycles. The van der Waals surface area contributed by atoms with E-state index in [0.29, 0.717) is 29.0 Å². The number of carboxylic acids is 1. The molecular formula is C21H29ClN2O3. The molecule has 0 atom stereocenters. The van der Waals surface area contributed by atoms with Gasteiger partial charge in [0.2, 0.25) is 0 Å². The Morgan fingerprint density at radius 2 is 1.59 bits per heavy atom. The van der Waals surface area contributed by atoms with E-state index in [-0.39, 0.29) is 18.3 Å². The van der Waals surface area contributed by atoms with E-state index in [4.69, 9.17) is 10.5 Å². The molecular weight excluding hydrogens is 364 g/mol. The van der Waals surface area contributed by atoms with E-state index in [9.17, 15) is 9.59 Å². The first kappa shape index (κ1) is 21.4. The molecule has 0 radical (unpaired) electrons. The molecule has 0 aromatic heterocycles. The number of likely N-dealkylation sites (tertiary alicyclic amines) is 1. The second-order valence-electron chi connectivity index (χ2n) is 8.04. The Kier molecular flexibility index (Phi) is 7.04. The Morgan fingerprint density at radius 1 is 1.07 bits per heavy atom. The van der Waals surface area contributed by atoms with Crippen LogP contribution in [0.25, 0.3) is 0 Å². The van der Waals surface area contributed by atoms with Gasteiger partial charge >= 0.3 is 5.97 Å². The topological polar surface area (TPSA) is 81.5 Å². The van der Waals surface area contributed by atoms with Crippen LogP contribution in [0.1, 0.15) is 67.8 Å². The summed E-state index contributed by atoms with van der Waals surface area (Å²) >= 11 is 0. The van der Waals surface area contributed by atoms with E-state index < -0.39 is 5.97 Å². The maximum absolute atomic E-state index is 12.7. The molecule has 1 aromatic rings. The number of nitrogens with zero attached hydrogens (tertiary/aromatic N) is 1. The highest BCUT2D eigenvalue weighted by Gasteiger charge is 2.39. The Balaban J connectivity index is 0.00000261. The van der Waals surface area contributed by atoms with Crippen molar-refractivity contribution in [1.29, 1.82) is 5.41 Å². The lowest BCUT2D eigenvalue weighted by molar-refractivity contribution is -0.138. The van der Waals surface area contributed by atoms with Gasteiger partial charge < -0.3 is 15.4 Å². The third kappa shape index (κ3) is 5.10. The lowest BCUT2D eigenvalue weighted by Gasteiger charge is -2.46. The zero-order valence-electron chi connectivity index (χ0n) is 15.9. The van der Waals surface area contributed by atoms with Crippen molar-refractivity contribution in [1.82, 2.24) is 4.90 Å². The smallest absolute Gasteiger partial charge is 0.303 e. The maximum atomic E-state index is 12.7. The molecule has 27 heavy (non-hydrogen) atoms. The van der Waals surface area contributed by atoms with Gasteiger partial charge in [0.25, 0.3) is 5.91 Å². The molecule has 2 aliphatic rings. The van der Waals surface area contributed by atoms with E-state index in [1.165, 1.54) is 0 Å². The van der Waals surface area contributed by atoms with Crippen molar-refractivity contribution in [2.45, 2.75) is 51.9 Å². The Hall–Kier alpha value is -1.88. The zero-order valence-corrected chi connectivity index (χ0v) is 16.7. The van der Waals surface area contributed by atoms with Gasteiger partial charge in [0.15, 0.2) is 0 Å². The molecule has 0 unspecified atom stereocenters.